The second-order valence-corrected chi connectivity index (χ2v) is 7.24. The van der Waals surface area contributed by atoms with Crippen LogP contribution >= 0.6 is 0 Å². The number of carbonyl (C=O) groups is 1. The molecule has 1 heterocycles. The summed E-state index contributed by atoms with van der Waals surface area (Å²) in [4.78, 5) is 16.1. The van der Waals surface area contributed by atoms with Crippen molar-refractivity contribution in [3.8, 4) is 0 Å². The molecular formula is C21H27N3O. The van der Waals surface area contributed by atoms with E-state index in [1.165, 1.54) is 16.7 Å². The van der Waals surface area contributed by atoms with E-state index in [1.54, 1.807) is 6.07 Å². The van der Waals surface area contributed by atoms with Gasteiger partial charge in [0.2, 0.25) is 5.91 Å². The topological polar surface area (TPSA) is 68.0 Å². The molecule has 0 unspecified atom stereocenters. The molecule has 0 aliphatic heterocycles. The van der Waals surface area contributed by atoms with E-state index in [-0.39, 0.29) is 5.91 Å². The predicted octanol–water partition coefficient (Wildman–Crippen LogP) is 4.24. The Labute approximate surface area is 149 Å². The van der Waals surface area contributed by atoms with Gasteiger partial charge in [0.1, 0.15) is 5.82 Å². The first kappa shape index (κ1) is 17.5. The third-order valence-electron chi connectivity index (χ3n) is 5.37. The molecule has 0 atom stereocenters. The number of nitrogens with zero attached hydrogens (tertiary/aromatic N) is 1. The van der Waals surface area contributed by atoms with Crippen LogP contribution < -0.4 is 11.1 Å². The molecule has 0 bridgehead atoms. The molecule has 25 heavy (non-hydrogen) atoms. The van der Waals surface area contributed by atoms with E-state index in [4.69, 9.17) is 10.7 Å². The summed E-state index contributed by atoms with van der Waals surface area (Å²) < 4.78 is 0. The van der Waals surface area contributed by atoms with Crippen molar-refractivity contribution in [2.45, 2.75) is 58.4 Å². The molecule has 1 amide bonds. The molecule has 1 aromatic carbocycles. The van der Waals surface area contributed by atoms with E-state index in [0.717, 1.165) is 37.2 Å². The lowest BCUT2D eigenvalue weighted by Gasteiger charge is -2.30. The van der Waals surface area contributed by atoms with Crippen LogP contribution in [0.15, 0.2) is 30.3 Å². The molecule has 4 nitrogen and oxygen atoms in total. The quantitative estimate of drug-likeness (QED) is 0.876. The van der Waals surface area contributed by atoms with Crippen LogP contribution in [0.4, 0.5) is 5.82 Å². The first-order valence-electron chi connectivity index (χ1n) is 9.05. The lowest BCUT2D eigenvalue weighted by molar-refractivity contribution is 0.1000. The number of pyridine rings is 1. The average Bonchev–Trinajstić information content (AvgIpc) is 2.60. The number of hydrogen-bond donors (Lipinski definition) is 2. The molecule has 0 radical (unpaired) electrons. The molecule has 3 rings (SSSR count). The van der Waals surface area contributed by atoms with Gasteiger partial charge in [0.25, 0.3) is 0 Å². The van der Waals surface area contributed by atoms with E-state index < -0.39 is 0 Å². The van der Waals surface area contributed by atoms with E-state index in [0.29, 0.717) is 17.5 Å². The smallest absolute Gasteiger partial charge is 0.248 e. The lowest BCUT2D eigenvalue weighted by atomic mass is 9.81. The average molecular weight is 337 g/mol. The lowest BCUT2D eigenvalue weighted by Crippen LogP contribution is -2.26. The third kappa shape index (κ3) is 4.01. The molecule has 1 aliphatic carbocycles. The van der Waals surface area contributed by atoms with E-state index in [2.05, 4.69) is 38.2 Å². The molecule has 4 heteroatoms. The Morgan fingerprint density at radius 3 is 2.48 bits per heavy atom. The van der Waals surface area contributed by atoms with Crippen LogP contribution in [-0.4, -0.2) is 16.9 Å². The number of primary amides is 1. The van der Waals surface area contributed by atoms with Crippen molar-refractivity contribution in [1.82, 2.24) is 4.98 Å². The Hall–Kier alpha value is -2.36. The minimum Gasteiger partial charge on any atom is -0.367 e. The minimum atomic E-state index is -0.353. The molecule has 0 spiro atoms. The number of benzene rings is 1. The van der Waals surface area contributed by atoms with Gasteiger partial charge < -0.3 is 11.1 Å². The predicted molar refractivity (Wildman–Crippen MR) is 102 cm³/mol. The number of carbonyl (C=O) groups excluding carboxylic acids is 1. The zero-order chi connectivity index (χ0) is 18.0. The highest BCUT2D eigenvalue weighted by Crippen LogP contribution is 2.34. The van der Waals surface area contributed by atoms with Gasteiger partial charge in [0.05, 0.1) is 0 Å². The maximum absolute atomic E-state index is 11.4. The normalized spacial score (nSPS) is 20.3. The van der Waals surface area contributed by atoms with Crippen molar-refractivity contribution in [2.24, 2.45) is 5.73 Å². The monoisotopic (exact) mass is 337 g/mol. The Kier molecular flexibility index (Phi) is 5.07. The largest absolute Gasteiger partial charge is 0.367 e. The molecule has 2 aromatic rings. The number of nitrogens with one attached hydrogen (secondary N) is 1. The fourth-order valence-electron chi connectivity index (χ4n) is 3.70. The fourth-order valence-corrected chi connectivity index (χ4v) is 3.70. The molecule has 1 aliphatic rings. The van der Waals surface area contributed by atoms with Crippen molar-refractivity contribution in [1.29, 1.82) is 0 Å². The number of anilines is 1. The number of amides is 1. The Balaban J connectivity index is 1.63. The van der Waals surface area contributed by atoms with E-state index in [1.807, 2.05) is 12.1 Å². The van der Waals surface area contributed by atoms with Gasteiger partial charge in [-0.2, -0.15) is 0 Å². The fraction of sp³-hybridized carbons (Fsp3) is 0.429. The number of aromatic nitrogens is 1. The van der Waals surface area contributed by atoms with Crippen LogP contribution in [0, 0.1) is 20.8 Å². The maximum Gasteiger partial charge on any atom is 0.248 e. The van der Waals surface area contributed by atoms with Crippen molar-refractivity contribution >= 4 is 11.7 Å². The maximum atomic E-state index is 11.4. The van der Waals surface area contributed by atoms with Crippen LogP contribution in [-0.2, 0) is 0 Å². The zero-order valence-corrected chi connectivity index (χ0v) is 15.3. The van der Waals surface area contributed by atoms with E-state index >= 15 is 0 Å². The Morgan fingerprint density at radius 1 is 1.08 bits per heavy atom. The van der Waals surface area contributed by atoms with Gasteiger partial charge in [-0.1, -0.05) is 18.2 Å². The number of hydrogen-bond acceptors (Lipinski definition) is 3. The van der Waals surface area contributed by atoms with Gasteiger partial charge in [-0.25, -0.2) is 4.98 Å². The van der Waals surface area contributed by atoms with Gasteiger partial charge in [-0.15, -0.1) is 0 Å². The SMILES string of the molecule is Cc1cc(C)c(NC2CCC(c3cccc(C(N)=O)c3)CC2)nc1C. The van der Waals surface area contributed by atoms with E-state index in [9.17, 15) is 4.79 Å². The Bertz CT molecular complexity index is 777. The van der Waals surface area contributed by atoms with Crippen molar-refractivity contribution in [3.63, 3.8) is 0 Å². The van der Waals surface area contributed by atoms with Gasteiger partial charge >= 0.3 is 0 Å². The minimum absolute atomic E-state index is 0.353. The highest BCUT2D eigenvalue weighted by atomic mass is 16.1. The van der Waals surface area contributed by atoms with Crippen LogP contribution in [0.2, 0.25) is 0 Å². The van der Waals surface area contributed by atoms with Crippen LogP contribution in [0.1, 0.15) is 64.3 Å². The molecule has 1 aromatic heterocycles. The highest BCUT2D eigenvalue weighted by molar-refractivity contribution is 5.92. The summed E-state index contributed by atoms with van der Waals surface area (Å²) >= 11 is 0. The van der Waals surface area contributed by atoms with Crippen LogP contribution in [0.3, 0.4) is 0 Å². The van der Waals surface area contributed by atoms with Crippen molar-refractivity contribution in [3.05, 3.63) is 58.3 Å². The van der Waals surface area contributed by atoms with Gasteiger partial charge in [0.15, 0.2) is 0 Å². The summed E-state index contributed by atoms with van der Waals surface area (Å²) in [5, 5.41) is 3.63. The standard InChI is InChI=1S/C21H27N3O/c1-13-11-14(2)21(23-15(13)3)24-19-9-7-16(8-10-19)17-5-4-6-18(12-17)20(22)25/h4-6,11-12,16,19H,7-10H2,1-3H3,(H2,22,25)(H,23,24). The summed E-state index contributed by atoms with van der Waals surface area (Å²) in [5.74, 6) is 1.17. The number of aryl methyl sites for hydroxylation is 3. The summed E-state index contributed by atoms with van der Waals surface area (Å²) in [7, 11) is 0. The van der Waals surface area contributed by atoms with Crippen molar-refractivity contribution < 1.29 is 4.79 Å². The van der Waals surface area contributed by atoms with Gasteiger partial charge in [-0.3, -0.25) is 4.79 Å². The second-order valence-electron chi connectivity index (χ2n) is 7.24. The molecule has 3 N–H and O–H groups in total. The molecule has 0 saturated heterocycles. The Morgan fingerprint density at radius 2 is 1.80 bits per heavy atom. The summed E-state index contributed by atoms with van der Waals surface area (Å²) in [6, 6.07) is 10.4. The molecular weight excluding hydrogens is 310 g/mol. The molecule has 1 fully saturated rings. The third-order valence-corrected chi connectivity index (χ3v) is 5.37. The number of nitrogens with two attached hydrogens (primary N) is 1. The van der Waals surface area contributed by atoms with Crippen molar-refractivity contribution in [2.75, 3.05) is 5.32 Å². The van der Waals surface area contributed by atoms with Crippen LogP contribution in [0.5, 0.6) is 0 Å². The molecule has 132 valence electrons. The first-order chi connectivity index (χ1) is 11.9. The second kappa shape index (κ2) is 7.26. The highest BCUT2D eigenvalue weighted by Gasteiger charge is 2.23. The van der Waals surface area contributed by atoms with Gasteiger partial charge in [0, 0.05) is 17.3 Å². The summed E-state index contributed by atoms with van der Waals surface area (Å²) in [6.45, 7) is 6.27. The van der Waals surface area contributed by atoms with Crippen LogP contribution in [0.25, 0.3) is 0 Å². The zero-order valence-electron chi connectivity index (χ0n) is 15.3. The summed E-state index contributed by atoms with van der Waals surface area (Å²) in [6.07, 6.45) is 4.45. The summed E-state index contributed by atoms with van der Waals surface area (Å²) in [5.41, 5.74) is 10.8. The first-order valence-corrected chi connectivity index (χ1v) is 9.05. The van der Waals surface area contributed by atoms with Gasteiger partial charge in [-0.05, 0) is 81.2 Å². The molecule has 1 saturated carbocycles. The number of rotatable bonds is 4.